The van der Waals surface area contributed by atoms with E-state index in [0.29, 0.717) is 0 Å². The van der Waals surface area contributed by atoms with E-state index in [1.54, 1.807) is 0 Å². The smallest absolute Gasteiger partial charge is 0.219 e. The molecule has 4 N–H and O–H groups in total. The van der Waals surface area contributed by atoms with Crippen molar-refractivity contribution in [3.8, 4) is 0 Å². The number of nitrogens with two attached hydrogens (primary N) is 2. The number of hydrogen-bond acceptors (Lipinski definition) is 2. The normalized spacial score (nSPS) is 12.6. The van der Waals surface area contributed by atoms with Crippen molar-refractivity contribution < 1.29 is 4.79 Å². The molecule has 0 aromatic rings. The first-order valence-corrected chi connectivity index (χ1v) is 3.29. The monoisotopic (exact) mass is 142 g/mol. The zero-order valence-electron chi connectivity index (χ0n) is 6.26. The topological polar surface area (TPSA) is 69.1 Å². The van der Waals surface area contributed by atoms with Crippen LogP contribution in [0.3, 0.4) is 0 Å². The minimum absolute atomic E-state index is 0.201. The lowest BCUT2D eigenvalue weighted by molar-refractivity contribution is -0.118. The predicted octanol–water partition coefficient (Wildman–Crippen LogP) is 0.155. The highest BCUT2D eigenvalue weighted by atomic mass is 16.1. The Kier molecular flexibility index (Phi) is 3.72. The van der Waals surface area contributed by atoms with Crippen molar-refractivity contribution in [3.63, 3.8) is 0 Å². The van der Waals surface area contributed by atoms with Gasteiger partial charge in [0.25, 0.3) is 0 Å². The molecule has 0 bridgehead atoms. The van der Waals surface area contributed by atoms with Gasteiger partial charge in [0.1, 0.15) is 0 Å². The van der Waals surface area contributed by atoms with Crippen molar-refractivity contribution in [1.29, 1.82) is 0 Å². The summed E-state index contributed by atoms with van der Waals surface area (Å²) in [6.45, 7) is 5.64. The molecule has 0 heterocycles. The number of rotatable bonds is 4. The van der Waals surface area contributed by atoms with Crippen LogP contribution < -0.4 is 11.5 Å². The Morgan fingerprint density at radius 2 is 2.20 bits per heavy atom. The fourth-order valence-corrected chi connectivity index (χ4v) is 0.623. The molecule has 0 saturated heterocycles. The Balaban J connectivity index is 3.72. The molecule has 0 aromatic heterocycles. The van der Waals surface area contributed by atoms with E-state index in [1.807, 2.05) is 6.92 Å². The number of carbonyl (C=O) groups excluding carboxylic acids is 1. The van der Waals surface area contributed by atoms with E-state index in [4.69, 9.17) is 11.5 Å². The van der Waals surface area contributed by atoms with E-state index in [9.17, 15) is 4.79 Å². The van der Waals surface area contributed by atoms with Crippen molar-refractivity contribution in [3.05, 3.63) is 12.2 Å². The van der Waals surface area contributed by atoms with Gasteiger partial charge in [0.2, 0.25) is 5.91 Å². The average Bonchev–Trinajstić information content (AvgIpc) is 1.85. The van der Waals surface area contributed by atoms with E-state index in [0.717, 1.165) is 12.0 Å². The Labute approximate surface area is 61.1 Å². The van der Waals surface area contributed by atoms with E-state index >= 15 is 0 Å². The molecule has 0 aliphatic heterocycles. The molecule has 10 heavy (non-hydrogen) atoms. The molecule has 1 unspecified atom stereocenters. The van der Waals surface area contributed by atoms with Crippen LogP contribution in [0, 0.1) is 0 Å². The van der Waals surface area contributed by atoms with Crippen molar-refractivity contribution in [2.75, 3.05) is 0 Å². The van der Waals surface area contributed by atoms with Gasteiger partial charge in [-0.15, -0.1) is 0 Å². The van der Waals surface area contributed by atoms with Crippen molar-refractivity contribution >= 4 is 5.91 Å². The summed E-state index contributed by atoms with van der Waals surface area (Å²) < 4.78 is 0. The maximum Gasteiger partial charge on any atom is 0.219 e. The molecule has 1 amide bonds. The quantitative estimate of drug-likeness (QED) is 0.549. The van der Waals surface area contributed by atoms with Crippen LogP contribution in [0.2, 0.25) is 0 Å². The number of amides is 1. The molecule has 58 valence electrons. The van der Waals surface area contributed by atoms with Crippen molar-refractivity contribution in [2.45, 2.75) is 25.8 Å². The summed E-state index contributed by atoms with van der Waals surface area (Å²) >= 11 is 0. The van der Waals surface area contributed by atoms with Gasteiger partial charge in [-0.1, -0.05) is 19.1 Å². The van der Waals surface area contributed by atoms with Crippen molar-refractivity contribution in [1.82, 2.24) is 0 Å². The zero-order valence-corrected chi connectivity index (χ0v) is 6.26. The van der Waals surface area contributed by atoms with Crippen LogP contribution in [0.15, 0.2) is 12.2 Å². The number of hydrogen-bond donors (Lipinski definition) is 2. The summed E-state index contributed by atoms with van der Waals surface area (Å²) in [7, 11) is 0. The van der Waals surface area contributed by atoms with Crippen LogP contribution >= 0.6 is 0 Å². The highest BCUT2D eigenvalue weighted by molar-refractivity contribution is 5.74. The Morgan fingerprint density at radius 1 is 1.70 bits per heavy atom. The Bertz CT molecular complexity index is 143. The summed E-state index contributed by atoms with van der Waals surface area (Å²) in [6.07, 6.45) is 1.00. The first-order chi connectivity index (χ1) is 4.57. The molecule has 0 radical (unpaired) electrons. The van der Waals surface area contributed by atoms with E-state index in [2.05, 4.69) is 6.58 Å². The summed E-state index contributed by atoms with van der Waals surface area (Å²) in [5, 5.41) is 0. The standard InChI is InChI=1S/C7H14N2O/c1-3-5(2)6(8)4-7(9)10/h6H,2-4,8H2,1H3,(H2,9,10). The third-order valence-corrected chi connectivity index (χ3v) is 1.40. The second-order valence-electron chi connectivity index (χ2n) is 2.29. The summed E-state index contributed by atoms with van der Waals surface area (Å²) in [4.78, 5) is 10.3. The lowest BCUT2D eigenvalue weighted by Gasteiger charge is -2.09. The van der Waals surface area contributed by atoms with Gasteiger partial charge in [0.15, 0.2) is 0 Å². The second-order valence-corrected chi connectivity index (χ2v) is 2.29. The molecule has 0 aliphatic carbocycles. The minimum Gasteiger partial charge on any atom is -0.370 e. The summed E-state index contributed by atoms with van der Waals surface area (Å²) in [5.41, 5.74) is 11.3. The molecule has 0 fully saturated rings. The van der Waals surface area contributed by atoms with Gasteiger partial charge in [0.05, 0.1) is 0 Å². The van der Waals surface area contributed by atoms with Crippen LogP contribution in [0.1, 0.15) is 19.8 Å². The van der Waals surface area contributed by atoms with Crippen LogP contribution in [0.5, 0.6) is 0 Å². The van der Waals surface area contributed by atoms with Crippen LogP contribution in [0.4, 0.5) is 0 Å². The van der Waals surface area contributed by atoms with Gasteiger partial charge in [-0.25, -0.2) is 0 Å². The fourth-order valence-electron chi connectivity index (χ4n) is 0.623. The van der Waals surface area contributed by atoms with Crippen LogP contribution in [0.25, 0.3) is 0 Å². The molecular formula is C7H14N2O. The maximum absolute atomic E-state index is 10.3. The van der Waals surface area contributed by atoms with Gasteiger partial charge in [-0.05, 0) is 6.42 Å². The van der Waals surface area contributed by atoms with Crippen LogP contribution in [-0.2, 0) is 4.79 Å². The number of carbonyl (C=O) groups is 1. The molecule has 0 aliphatic rings. The fraction of sp³-hybridized carbons (Fsp3) is 0.571. The zero-order chi connectivity index (χ0) is 8.15. The first-order valence-electron chi connectivity index (χ1n) is 3.29. The SMILES string of the molecule is C=C(CC)C(N)CC(N)=O. The van der Waals surface area contributed by atoms with E-state index in [1.165, 1.54) is 0 Å². The Hall–Kier alpha value is -0.830. The second kappa shape index (κ2) is 4.06. The summed E-state index contributed by atoms with van der Waals surface area (Å²) in [6, 6.07) is -0.262. The lowest BCUT2D eigenvalue weighted by atomic mass is 10.0. The first kappa shape index (κ1) is 9.17. The predicted molar refractivity (Wildman–Crippen MR) is 41.2 cm³/mol. The van der Waals surface area contributed by atoms with Gasteiger partial charge < -0.3 is 11.5 Å². The minimum atomic E-state index is -0.373. The molecule has 3 heteroatoms. The third kappa shape index (κ3) is 3.25. The summed E-state index contributed by atoms with van der Waals surface area (Å²) in [5.74, 6) is -0.373. The van der Waals surface area contributed by atoms with Crippen molar-refractivity contribution in [2.24, 2.45) is 11.5 Å². The molecule has 0 rings (SSSR count). The molecule has 3 nitrogen and oxygen atoms in total. The average molecular weight is 142 g/mol. The van der Waals surface area contributed by atoms with E-state index < -0.39 is 0 Å². The molecule has 1 atom stereocenters. The maximum atomic E-state index is 10.3. The largest absolute Gasteiger partial charge is 0.370 e. The molecule has 0 saturated carbocycles. The lowest BCUT2D eigenvalue weighted by Crippen LogP contribution is -2.28. The van der Waals surface area contributed by atoms with Crippen LogP contribution in [-0.4, -0.2) is 11.9 Å². The third-order valence-electron chi connectivity index (χ3n) is 1.40. The molecule has 0 aromatic carbocycles. The highest BCUT2D eigenvalue weighted by Gasteiger charge is 2.07. The molecular weight excluding hydrogens is 128 g/mol. The highest BCUT2D eigenvalue weighted by Crippen LogP contribution is 2.03. The van der Waals surface area contributed by atoms with Gasteiger partial charge in [0, 0.05) is 12.5 Å². The Morgan fingerprint density at radius 3 is 2.50 bits per heavy atom. The molecule has 0 spiro atoms. The van der Waals surface area contributed by atoms with Gasteiger partial charge in [-0.2, -0.15) is 0 Å². The number of primary amides is 1. The van der Waals surface area contributed by atoms with Gasteiger partial charge >= 0.3 is 0 Å². The van der Waals surface area contributed by atoms with Gasteiger partial charge in [-0.3, -0.25) is 4.79 Å². The van der Waals surface area contributed by atoms with E-state index in [-0.39, 0.29) is 18.4 Å².